The highest BCUT2D eigenvalue weighted by Gasteiger charge is 2.29. The lowest BCUT2D eigenvalue weighted by molar-refractivity contribution is -0.137. The predicted molar refractivity (Wildman–Crippen MR) is 71.7 cm³/mol. The van der Waals surface area contributed by atoms with Crippen molar-refractivity contribution in [3.05, 3.63) is 0 Å². The second-order valence-electron chi connectivity index (χ2n) is 4.89. The number of terminal acetylenes is 1. The molecular formula is C13H21N3O3. The fourth-order valence-corrected chi connectivity index (χ4v) is 1.81. The number of rotatable bonds is 7. The first kappa shape index (κ1) is 15.3. The molecule has 6 heteroatoms. The first-order chi connectivity index (χ1) is 8.95. The molecule has 2 N–H and O–H groups in total. The number of carbonyl (C=O) groups excluding carboxylic acids is 1. The largest absolute Gasteiger partial charge is 0.480 e. The van der Waals surface area contributed by atoms with Crippen LogP contribution in [0.25, 0.3) is 0 Å². The molecule has 0 aliphatic heterocycles. The number of carboxylic acids is 1. The lowest BCUT2D eigenvalue weighted by Gasteiger charge is -2.26. The molecule has 0 spiro atoms. The number of carbonyl (C=O) groups is 2. The van der Waals surface area contributed by atoms with Gasteiger partial charge in [-0.05, 0) is 26.8 Å². The van der Waals surface area contributed by atoms with E-state index in [1.165, 1.54) is 12.8 Å². The molecule has 1 saturated carbocycles. The summed E-state index contributed by atoms with van der Waals surface area (Å²) in [6.45, 7) is 2.11. The Morgan fingerprint density at radius 2 is 2.16 bits per heavy atom. The lowest BCUT2D eigenvalue weighted by atomic mass is 10.3. The number of urea groups is 1. The van der Waals surface area contributed by atoms with Crippen LogP contribution < -0.4 is 5.32 Å². The van der Waals surface area contributed by atoms with Crippen LogP contribution in [0.1, 0.15) is 19.8 Å². The first-order valence-corrected chi connectivity index (χ1v) is 6.35. The first-order valence-electron chi connectivity index (χ1n) is 6.35. The van der Waals surface area contributed by atoms with E-state index in [9.17, 15) is 9.59 Å². The molecular weight excluding hydrogens is 246 g/mol. The summed E-state index contributed by atoms with van der Waals surface area (Å²) in [5.41, 5.74) is 0. The number of aliphatic carboxylic acids is 1. The van der Waals surface area contributed by atoms with E-state index in [-0.39, 0.29) is 19.1 Å². The zero-order valence-electron chi connectivity index (χ0n) is 11.4. The van der Waals surface area contributed by atoms with Crippen LogP contribution in [0.2, 0.25) is 0 Å². The Bertz CT molecular complexity index is 374. The third-order valence-electron chi connectivity index (χ3n) is 3.26. The molecule has 0 radical (unpaired) electrons. The van der Waals surface area contributed by atoms with Gasteiger partial charge in [0.15, 0.2) is 0 Å². The molecule has 1 aliphatic carbocycles. The molecule has 1 atom stereocenters. The maximum Gasteiger partial charge on any atom is 0.323 e. The maximum absolute atomic E-state index is 11.8. The molecule has 0 saturated heterocycles. The average molecular weight is 267 g/mol. The van der Waals surface area contributed by atoms with E-state index in [0.717, 1.165) is 4.90 Å². The van der Waals surface area contributed by atoms with Gasteiger partial charge in [-0.25, -0.2) is 4.79 Å². The van der Waals surface area contributed by atoms with Crippen molar-refractivity contribution >= 4 is 12.0 Å². The summed E-state index contributed by atoms with van der Waals surface area (Å²) in [6, 6.07) is 0.401. The topological polar surface area (TPSA) is 72.9 Å². The number of hydrogen-bond donors (Lipinski definition) is 2. The van der Waals surface area contributed by atoms with Crippen molar-refractivity contribution < 1.29 is 14.7 Å². The average Bonchev–Trinajstić information content (AvgIpc) is 3.17. The zero-order valence-corrected chi connectivity index (χ0v) is 11.4. The fourth-order valence-electron chi connectivity index (χ4n) is 1.81. The molecule has 1 unspecified atom stereocenters. The van der Waals surface area contributed by atoms with Gasteiger partial charge in [-0.2, -0.15) is 0 Å². The van der Waals surface area contributed by atoms with Crippen LogP contribution >= 0.6 is 0 Å². The van der Waals surface area contributed by atoms with Crippen LogP contribution in [0.3, 0.4) is 0 Å². The highest BCUT2D eigenvalue weighted by atomic mass is 16.4. The Kier molecular flexibility index (Phi) is 5.64. The minimum atomic E-state index is -1.08. The molecule has 2 amide bonds. The summed E-state index contributed by atoms with van der Waals surface area (Å²) in [7, 11) is 2.03. The van der Waals surface area contributed by atoms with Crippen molar-refractivity contribution in [3.8, 4) is 12.3 Å². The molecule has 6 nitrogen and oxygen atoms in total. The predicted octanol–water partition coefficient (Wildman–Crippen LogP) is 0.199. The molecule has 1 aliphatic rings. The number of likely N-dealkylation sites (N-methyl/N-ethyl adjacent to an activating group) is 1. The Morgan fingerprint density at radius 3 is 2.63 bits per heavy atom. The van der Waals surface area contributed by atoms with Gasteiger partial charge in [-0.3, -0.25) is 9.69 Å². The molecule has 1 fully saturated rings. The summed E-state index contributed by atoms with van der Waals surface area (Å²) in [5, 5.41) is 11.4. The molecule has 1 rings (SSSR count). The van der Waals surface area contributed by atoms with Crippen LogP contribution in [0.15, 0.2) is 0 Å². The van der Waals surface area contributed by atoms with Crippen molar-refractivity contribution in [1.82, 2.24) is 15.1 Å². The molecule has 0 bridgehead atoms. The van der Waals surface area contributed by atoms with Crippen LogP contribution in [0, 0.1) is 12.3 Å². The van der Waals surface area contributed by atoms with Gasteiger partial charge in [0.1, 0.15) is 6.54 Å². The van der Waals surface area contributed by atoms with Gasteiger partial charge in [-0.1, -0.05) is 5.92 Å². The monoisotopic (exact) mass is 267 g/mol. The third-order valence-corrected chi connectivity index (χ3v) is 3.26. The standard InChI is InChI=1S/C13H21N3O3/c1-4-7-16(9-12(17)18)13(19)14-8-10(2)15(3)11-5-6-11/h1,10-11H,5-9H2,2-3H3,(H,14,19)(H,17,18). The molecule has 0 aromatic heterocycles. The summed E-state index contributed by atoms with van der Waals surface area (Å²) < 4.78 is 0. The quantitative estimate of drug-likeness (QED) is 0.646. The van der Waals surface area contributed by atoms with E-state index in [1.54, 1.807) is 0 Å². The van der Waals surface area contributed by atoms with E-state index in [2.05, 4.69) is 16.1 Å². The van der Waals surface area contributed by atoms with Gasteiger partial charge in [0.25, 0.3) is 0 Å². The highest BCUT2D eigenvalue weighted by Crippen LogP contribution is 2.26. The van der Waals surface area contributed by atoms with Crippen molar-refractivity contribution in [1.29, 1.82) is 0 Å². The molecule has 106 valence electrons. The number of amides is 2. The Hall–Kier alpha value is -1.74. The van der Waals surface area contributed by atoms with Gasteiger partial charge in [0.05, 0.1) is 6.54 Å². The van der Waals surface area contributed by atoms with Crippen LogP contribution in [-0.2, 0) is 4.79 Å². The van der Waals surface area contributed by atoms with Crippen molar-refractivity contribution in [2.24, 2.45) is 0 Å². The van der Waals surface area contributed by atoms with Gasteiger partial charge in [-0.15, -0.1) is 6.42 Å². The minimum absolute atomic E-state index is 0.00895. The van der Waals surface area contributed by atoms with Gasteiger partial charge < -0.3 is 15.3 Å². The summed E-state index contributed by atoms with van der Waals surface area (Å²) in [5.74, 6) is 1.21. The van der Waals surface area contributed by atoms with E-state index >= 15 is 0 Å². The van der Waals surface area contributed by atoms with E-state index in [0.29, 0.717) is 12.6 Å². The van der Waals surface area contributed by atoms with Crippen molar-refractivity contribution in [2.45, 2.75) is 31.8 Å². The van der Waals surface area contributed by atoms with Crippen molar-refractivity contribution in [3.63, 3.8) is 0 Å². The fraction of sp³-hybridized carbons (Fsp3) is 0.692. The van der Waals surface area contributed by atoms with E-state index in [1.807, 2.05) is 14.0 Å². The number of hydrogen-bond acceptors (Lipinski definition) is 3. The number of nitrogens with one attached hydrogen (secondary N) is 1. The lowest BCUT2D eigenvalue weighted by Crippen LogP contribution is -2.47. The van der Waals surface area contributed by atoms with Crippen LogP contribution in [-0.4, -0.2) is 65.7 Å². The van der Waals surface area contributed by atoms with E-state index in [4.69, 9.17) is 11.5 Å². The van der Waals surface area contributed by atoms with E-state index < -0.39 is 12.0 Å². The van der Waals surface area contributed by atoms with Gasteiger partial charge in [0.2, 0.25) is 0 Å². The highest BCUT2D eigenvalue weighted by molar-refractivity contribution is 5.80. The normalized spacial score (nSPS) is 15.7. The molecule has 0 aromatic rings. The number of nitrogens with zero attached hydrogens (tertiary/aromatic N) is 2. The minimum Gasteiger partial charge on any atom is -0.480 e. The van der Waals surface area contributed by atoms with Crippen LogP contribution in [0.5, 0.6) is 0 Å². The second kappa shape index (κ2) is 7.00. The van der Waals surface area contributed by atoms with Crippen molar-refractivity contribution in [2.75, 3.05) is 26.7 Å². The third kappa shape index (κ3) is 5.18. The number of carboxylic acid groups (broad SMARTS) is 1. The summed E-state index contributed by atoms with van der Waals surface area (Å²) in [4.78, 5) is 25.8. The SMILES string of the molecule is C#CCN(CC(=O)O)C(=O)NCC(C)N(C)C1CC1. The summed E-state index contributed by atoms with van der Waals surface area (Å²) >= 11 is 0. The summed E-state index contributed by atoms with van der Waals surface area (Å²) in [6.07, 6.45) is 7.53. The second-order valence-corrected chi connectivity index (χ2v) is 4.89. The zero-order chi connectivity index (χ0) is 14.4. The van der Waals surface area contributed by atoms with Crippen LogP contribution in [0.4, 0.5) is 4.79 Å². The van der Waals surface area contributed by atoms with Gasteiger partial charge in [0, 0.05) is 18.6 Å². The Morgan fingerprint density at radius 1 is 1.53 bits per heavy atom. The maximum atomic E-state index is 11.8. The molecule has 0 heterocycles. The molecule has 0 aromatic carbocycles. The smallest absolute Gasteiger partial charge is 0.323 e. The van der Waals surface area contributed by atoms with Gasteiger partial charge >= 0.3 is 12.0 Å². The molecule has 19 heavy (non-hydrogen) atoms. The Balaban J connectivity index is 2.38. The Labute approximate surface area is 113 Å².